The molecule has 0 bridgehead atoms. The third-order valence-electron chi connectivity index (χ3n) is 3.82. The van der Waals surface area contributed by atoms with Crippen LogP contribution in [0.5, 0.6) is 0 Å². The van der Waals surface area contributed by atoms with Gasteiger partial charge in [-0.25, -0.2) is 4.39 Å². The van der Waals surface area contributed by atoms with E-state index in [-0.39, 0.29) is 27.7 Å². The van der Waals surface area contributed by atoms with Gasteiger partial charge in [0, 0.05) is 29.5 Å². The largest absolute Gasteiger partial charge is 0.457 e. The lowest BCUT2D eigenvalue weighted by Crippen LogP contribution is -2.13. The second-order valence-corrected chi connectivity index (χ2v) is 6.17. The first-order valence-corrected chi connectivity index (χ1v) is 8.48. The number of nitriles is 1. The van der Waals surface area contributed by atoms with Gasteiger partial charge in [0.2, 0.25) is 0 Å². The lowest BCUT2D eigenvalue weighted by Gasteiger charge is -2.04. The molecule has 0 spiro atoms. The maximum atomic E-state index is 13.2. The lowest BCUT2D eigenvalue weighted by molar-refractivity contribution is -0.384. The zero-order chi connectivity index (χ0) is 21.0. The molecule has 0 saturated carbocycles. The molecule has 3 rings (SSSR count). The first-order chi connectivity index (χ1) is 13.9. The van der Waals surface area contributed by atoms with Crippen molar-refractivity contribution in [1.82, 2.24) is 0 Å². The highest BCUT2D eigenvalue weighted by Crippen LogP contribution is 2.26. The fraction of sp³-hybridized carbons (Fsp3) is 0. The molecule has 7 nitrogen and oxygen atoms in total. The van der Waals surface area contributed by atoms with Crippen molar-refractivity contribution in [3.05, 3.63) is 86.9 Å². The molecule has 9 heteroatoms. The van der Waals surface area contributed by atoms with Crippen LogP contribution in [0, 0.1) is 27.3 Å². The molecule has 1 N–H and O–H groups in total. The summed E-state index contributed by atoms with van der Waals surface area (Å²) in [6.07, 6.45) is 1.25. The number of nitro benzene ring substituents is 1. The highest BCUT2D eigenvalue weighted by Gasteiger charge is 2.13. The predicted molar refractivity (Wildman–Crippen MR) is 104 cm³/mol. The highest BCUT2D eigenvalue weighted by atomic mass is 35.5. The summed E-state index contributed by atoms with van der Waals surface area (Å²) in [6.45, 7) is 0. The van der Waals surface area contributed by atoms with E-state index in [1.165, 1.54) is 42.5 Å². The van der Waals surface area contributed by atoms with E-state index in [1.807, 2.05) is 0 Å². The van der Waals surface area contributed by atoms with Crippen LogP contribution in [0.3, 0.4) is 0 Å². The summed E-state index contributed by atoms with van der Waals surface area (Å²) in [6, 6.07) is 14.3. The van der Waals surface area contributed by atoms with Crippen molar-refractivity contribution in [2.24, 2.45) is 0 Å². The van der Waals surface area contributed by atoms with Gasteiger partial charge in [-0.05, 0) is 42.5 Å². The van der Waals surface area contributed by atoms with Gasteiger partial charge in [-0.1, -0.05) is 11.6 Å². The molecule has 1 amide bonds. The Labute approximate surface area is 168 Å². The van der Waals surface area contributed by atoms with E-state index in [2.05, 4.69) is 5.32 Å². The van der Waals surface area contributed by atoms with Gasteiger partial charge in [0.05, 0.1) is 9.95 Å². The smallest absolute Gasteiger partial charge is 0.269 e. The van der Waals surface area contributed by atoms with E-state index in [1.54, 1.807) is 18.2 Å². The van der Waals surface area contributed by atoms with Crippen LogP contribution in [0.4, 0.5) is 15.8 Å². The number of nitrogens with one attached hydrogen (secondary N) is 1. The van der Waals surface area contributed by atoms with Gasteiger partial charge in [-0.3, -0.25) is 14.9 Å². The first-order valence-electron chi connectivity index (χ1n) is 8.10. The van der Waals surface area contributed by atoms with Crippen LogP contribution in [-0.2, 0) is 4.79 Å². The SMILES string of the molecule is N#C/C(=C\c1ccc(-c2ccc([N+](=O)[O-])cc2)o1)C(=O)Nc1ccc(F)c(Cl)c1. The van der Waals surface area contributed by atoms with Gasteiger partial charge in [-0.15, -0.1) is 0 Å². The number of nitro groups is 1. The molecule has 0 aliphatic rings. The fourth-order valence-electron chi connectivity index (χ4n) is 2.40. The molecule has 29 heavy (non-hydrogen) atoms. The van der Waals surface area contributed by atoms with Gasteiger partial charge >= 0.3 is 0 Å². The number of halogens is 2. The second-order valence-electron chi connectivity index (χ2n) is 5.76. The Morgan fingerprint density at radius 3 is 2.55 bits per heavy atom. The summed E-state index contributed by atoms with van der Waals surface area (Å²) in [5, 5.41) is 22.3. The summed E-state index contributed by atoms with van der Waals surface area (Å²) in [4.78, 5) is 22.5. The second kappa shape index (κ2) is 8.37. The molecule has 0 atom stereocenters. The van der Waals surface area contributed by atoms with Gasteiger partial charge in [0.15, 0.2) is 0 Å². The van der Waals surface area contributed by atoms with E-state index >= 15 is 0 Å². The third-order valence-corrected chi connectivity index (χ3v) is 4.11. The third kappa shape index (κ3) is 4.66. The van der Waals surface area contributed by atoms with E-state index in [9.17, 15) is 24.6 Å². The minimum absolute atomic E-state index is 0.0511. The van der Waals surface area contributed by atoms with Crippen LogP contribution in [-0.4, -0.2) is 10.8 Å². The average Bonchev–Trinajstić information content (AvgIpc) is 3.17. The molecule has 0 radical (unpaired) electrons. The van der Waals surface area contributed by atoms with Crippen molar-refractivity contribution in [2.75, 3.05) is 5.32 Å². The molecule has 144 valence electrons. The molecule has 0 aliphatic heterocycles. The molecule has 0 aliphatic carbocycles. The quantitative estimate of drug-likeness (QED) is 0.269. The monoisotopic (exact) mass is 411 g/mol. The maximum absolute atomic E-state index is 13.2. The number of carbonyl (C=O) groups is 1. The Morgan fingerprint density at radius 1 is 1.21 bits per heavy atom. The first kappa shape index (κ1) is 19.8. The van der Waals surface area contributed by atoms with Crippen LogP contribution in [0.25, 0.3) is 17.4 Å². The molecule has 1 aromatic heterocycles. The van der Waals surface area contributed by atoms with Crippen LogP contribution in [0.2, 0.25) is 5.02 Å². The average molecular weight is 412 g/mol. The van der Waals surface area contributed by atoms with Crippen LogP contribution < -0.4 is 5.32 Å². The molecule has 1 heterocycles. The number of hydrogen-bond acceptors (Lipinski definition) is 5. The number of non-ortho nitro benzene ring substituents is 1. The van der Waals surface area contributed by atoms with Crippen LogP contribution in [0.15, 0.2) is 64.6 Å². The van der Waals surface area contributed by atoms with E-state index < -0.39 is 16.6 Å². The molecule has 2 aromatic carbocycles. The fourth-order valence-corrected chi connectivity index (χ4v) is 2.58. The number of furan rings is 1. The summed E-state index contributed by atoms with van der Waals surface area (Å²) >= 11 is 5.67. The van der Waals surface area contributed by atoms with Gasteiger partial charge in [0.1, 0.15) is 29.0 Å². The summed E-state index contributed by atoms with van der Waals surface area (Å²) in [5.74, 6) is -0.699. The minimum atomic E-state index is -0.719. The van der Waals surface area contributed by atoms with Crippen LogP contribution >= 0.6 is 11.6 Å². The normalized spacial score (nSPS) is 11.0. The van der Waals surface area contributed by atoms with Gasteiger partial charge < -0.3 is 9.73 Å². The van der Waals surface area contributed by atoms with Gasteiger partial charge in [0.25, 0.3) is 11.6 Å². The minimum Gasteiger partial charge on any atom is -0.457 e. The molecule has 0 fully saturated rings. The Hall–Kier alpha value is -3.96. The van der Waals surface area contributed by atoms with E-state index in [0.717, 1.165) is 6.07 Å². The Morgan fingerprint density at radius 2 is 1.93 bits per heavy atom. The molecule has 0 saturated heterocycles. The topological polar surface area (TPSA) is 109 Å². The van der Waals surface area contributed by atoms with Crippen molar-refractivity contribution in [2.45, 2.75) is 0 Å². The van der Waals surface area contributed by atoms with E-state index in [4.69, 9.17) is 16.0 Å². The molecule has 3 aromatic rings. The summed E-state index contributed by atoms with van der Waals surface area (Å²) in [7, 11) is 0. The number of amides is 1. The summed E-state index contributed by atoms with van der Waals surface area (Å²) in [5.41, 5.74) is 0.535. The summed E-state index contributed by atoms with van der Waals surface area (Å²) < 4.78 is 18.8. The number of anilines is 1. The Kier molecular flexibility index (Phi) is 5.71. The number of hydrogen-bond donors (Lipinski definition) is 1. The maximum Gasteiger partial charge on any atom is 0.269 e. The number of carbonyl (C=O) groups excluding carboxylic acids is 1. The van der Waals surface area contributed by atoms with Crippen molar-refractivity contribution < 1.29 is 18.5 Å². The zero-order valence-corrected chi connectivity index (χ0v) is 15.3. The lowest BCUT2D eigenvalue weighted by atomic mass is 10.1. The van der Waals surface area contributed by atoms with Crippen molar-refractivity contribution in [3.63, 3.8) is 0 Å². The number of nitrogens with zero attached hydrogens (tertiary/aromatic N) is 2. The van der Waals surface area contributed by atoms with Crippen molar-refractivity contribution in [1.29, 1.82) is 5.26 Å². The Bertz CT molecular complexity index is 1160. The Balaban J connectivity index is 1.78. The predicted octanol–water partition coefficient (Wildman–Crippen LogP) is 5.19. The standard InChI is InChI=1S/C20H11ClFN3O4/c21-17-10-14(3-7-18(17)22)24-20(26)13(11-23)9-16-6-8-19(29-16)12-1-4-15(5-2-12)25(27)28/h1-10H,(H,24,26)/b13-9+. The molecular weight excluding hydrogens is 401 g/mol. The molecule has 0 unspecified atom stereocenters. The van der Waals surface area contributed by atoms with Crippen LogP contribution in [0.1, 0.15) is 5.76 Å². The van der Waals surface area contributed by atoms with E-state index in [0.29, 0.717) is 11.3 Å². The molecular formula is C20H11ClFN3O4. The van der Waals surface area contributed by atoms with Gasteiger partial charge in [-0.2, -0.15) is 5.26 Å². The van der Waals surface area contributed by atoms with Crippen molar-refractivity contribution >= 4 is 35.0 Å². The van der Waals surface area contributed by atoms with Crippen molar-refractivity contribution in [3.8, 4) is 17.4 Å². The number of benzene rings is 2. The zero-order valence-electron chi connectivity index (χ0n) is 14.6. The number of rotatable bonds is 5. The highest BCUT2D eigenvalue weighted by molar-refractivity contribution is 6.31.